The molecule has 0 aromatic heterocycles. The van der Waals surface area contributed by atoms with E-state index in [1.807, 2.05) is 0 Å². The van der Waals surface area contributed by atoms with Gasteiger partial charge in [0.1, 0.15) is 0 Å². The molecule has 1 unspecified atom stereocenters. The normalized spacial score (nSPS) is 22.1. The molecular weight excluding hydrogens is 190 g/mol. The SMILES string of the molecule is CCC1CCCN1CCCCCC(=O)O. The summed E-state index contributed by atoms with van der Waals surface area (Å²) in [5.74, 6) is -0.664. The van der Waals surface area contributed by atoms with Crippen LogP contribution >= 0.6 is 0 Å². The first-order valence-electron chi connectivity index (χ1n) is 6.20. The number of nitrogens with zero attached hydrogens (tertiary/aromatic N) is 1. The van der Waals surface area contributed by atoms with Crippen LogP contribution < -0.4 is 0 Å². The van der Waals surface area contributed by atoms with Crippen molar-refractivity contribution in [3.63, 3.8) is 0 Å². The Morgan fingerprint density at radius 1 is 1.40 bits per heavy atom. The van der Waals surface area contributed by atoms with Crippen LogP contribution in [0.1, 0.15) is 51.9 Å². The fraction of sp³-hybridized carbons (Fsp3) is 0.917. The number of rotatable bonds is 7. The molecule has 0 saturated carbocycles. The maximum Gasteiger partial charge on any atom is 0.303 e. The molecule has 0 aromatic carbocycles. The van der Waals surface area contributed by atoms with Gasteiger partial charge in [0.15, 0.2) is 0 Å². The molecule has 0 aromatic rings. The number of carboxylic acid groups (broad SMARTS) is 1. The minimum absolute atomic E-state index is 0.331. The molecule has 88 valence electrons. The van der Waals surface area contributed by atoms with Crippen molar-refractivity contribution in [2.75, 3.05) is 13.1 Å². The quantitative estimate of drug-likeness (QED) is 0.661. The van der Waals surface area contributed by atoms with Crippen molar-refractivity contribution in [2.24, 2.45) is 0 Å². The molecule has 1 rings (SSSR count). The van der Waals surface area contributed by atoms with Crippen LogP contribution in [0.15, 0.2) is 0 Å². The highest BCUT2D eigenvalue weighted by atomic mass is 16.4. The molecule has 15 heavy (non-hydrogen) atoms. The lowest BCUT2D eigenvalue weighted by Gasteiger charge is -2.22. The summed E-state index contributed by atoms with van der Waals surface area (Å²) in [5.41, 5.74) is 0. The van der Waals surface area contributed by atoms with E-state index in [0.29, 0.717) is 6.42 Å². The van der Waals surface area contributed by atoms with Crippen molar-refractivity contribution >= 4 is 5.97 Å². The van der Waals surface area contributed by atoms with E-state index in [2.05, 4.69) is 11.8 Å². The van der Waals surface area contributed by atoms with Crippen molar-refractivity contribution in [3.05, 3.63) is 0 Å². The van der Waals surface area contributed by atoms with E-state index in [-0.39, 0.29) is 0 Å². The zero-order valence-electron chi connectivity index (χ0n) is 9.74. The van der Waals surface area contributed by atoms with E-state index in [0.717, 1.165) is 31.8 Å². The van der Waals surface area contributed by atoms with Crippen molar-refractivity contribution < 1.29 is 9.90 Å². The van der Waals surface area contributed by atoms with Gasteiger partial charge in [0, 0.05) is 12.5 Å². The summed E-state index contributed by atoms with van der Waals surface area (Å²) >= 11 is 0. The molecule has 1 aliphatic rings. The minimum Gasteiger partial charge on any atom is -0.481 e. The van der Waals surface area contributed by atoms with Gasteiger partial charge in [0.25, 0.3) is 0 Å². The van der Waals surface area contributed by atoms with Gasteiger partial charge in [0.05, 0.1) is 0 Å². The Kier molecular flexibility index (Phi) is 5.69. The Balaban J connectivity index is 2.02. The largest absolute Gasteiger partial charge is 0.481 e. The number of carboxylic acids is 1. The van der Waals surface area contributed by atoms with Crippen molar-refractivity contribution in [1.82, 2.24) is 4.90 Å². The fourth-order valence-corrected chi connectivity index (χ4v) is 2.42. The molecule has 0 radical (unpaired) electrons. The molecule has 0 spiro atoms. The van der Waals surface area contributed by atoms with Crippen LogP contribution in [0.5, 0.6) is 0 Å². The van der Waals surface area contributed by atoms with Crippen LogP contribution in [0.2, 0.25) is 0 Å². The van der Waals surface area contributed by atoms with Crippen molar-refractivity contribution in [3.8, 4) is 0 Å². The van der Waals surface area contributed by atoms with Gasteiger partial charge in [-0.25, -0.2) is 0 Å². The molecular formula is C12H23NO2. The summed E-state index contributed by atoms with van der Waals surface area (Å²) < 4.78 is 0. The standard InChI is InChI=1S/C12H23NO2/c1-2-11-7-6-10-13(11)9-5-3-4-8-12(14)15/h11H,2-10H2,1H3,(H,14,15). The second-order valence-corrected chi connectivity index (χ2v) is 4.44. The van der Waals surface area contributed by atoms with Crippen LogP contribution in [0, 0.1) is 0 Å². The van der Waals surface area contributed by atoms with Crippen molar-refractivity contribution in [2.45, 2.75) is 57.9 Å². The lowest BCUT2D eigenvalue weighted by molar-refractivity contribution is -0.137. The van der Waals surface area contributed by atoms with Gasteiger partial charge in [-0.2, -0.15) is 0 Å². The van der Waals surface area contributed by atoms with Gasteiger partial charge >= 0.3 is 5.97 Å². The highest BCUT2D eigenvalue weighted by molar-refractivity contribution is 5.66. The van der Waals surface area contributed by atoms with E-state index in [4.69, 9.17) is 5.11 Å². The second-order valence-electron chi connectivity index (χ2n) is 4.44. The van der Waals surface area contributed by atoms with Crippen LogP contribution in [-0.4, -0.2) is 35.1 Å². The Bertz CT molecular complexity index is 194. The van der Waals surface area contributed by atoms with Crippen LogP contribution in [0.25, 0.3) is 0 Å². The topological polar surface area (TPSA) is 40.5 Å². The predicted molar refractivity (Wildman–Crippen MR) is 61.0 cm³/mol. The molecule has 1 heterocycles. The molecule has 1 atom stereocenters. The summed E-state index contributed by atoms with van der Waals surface area (Å²) in [6.07, 6.45) is 7.33. The number of carbonyl (C=O) groups is 1. The molecule has 1 aliphatic heterocycles. The van der Waals surface area contributed by atoms with Gasteiger partial charge in [0.2, 0.25) is 0 Å². The van der Waals surface area contributed by atoms with E-state index < -0.39 is 5.97 Å². The molecule has 0 aliphatic carbocycles. The number of likely N-dealkylation sites (tertiary alicyclic amines) is 1. The summed E-state index contributed by atoms with van der Waals surface area (Å²) in [6.45, 7) is 4.67. The molecule has 0 bridgehead atoms. The lowest BCUT2D eigenvalue weighted by Crippen LogP contribution is -2.29. The molecule has 1 saturated heterocycles. The first kappa shape index (κ1) is 12.5. The Morgan fingerprint density at radius 2 is 2.20 bits per heavy atom. The average Bonchev–Trinajstić information content (AvgIpc) is 2.64. The number of hydrogen-bond donors (Lipinski definition) is 1. The smallest absolute Gasteiger partial charge is 0.303 e. The van der Waals surface area contributed by atoms with E-state index >= 15 is 0 Å². The third-order valence-electron chi connectivity index (χ3n) is 3.31. The predicted octanol–water partition coefficient (Wildman–Crippen LogP) is 2.51. The lowest BCUT2D eigenvalue weighted by atomic mass is 10.1. The van der Waals surface area contributed by atoms with Gasteiger partial charge in [-0.1, -0.05) is 13.3 Å². The second kappa shape index (κ2) is 6.83. The van der Waals surface area contributed by atoms with Crippen LogP contribution in [0.3, 0.4) is 0 Å². The van der Waals surface area contributed by atoms with Gasteiger partial charge in [-0.15, -0.1) is 0 Å². The van der Waals surface area contributed by atoms with Crippen molar-refractivity contribution in [1.29, 1.82) is 0 Å². The number of aliphatic carboxylic acids is 1. The molecule has 1 N–H and O–H groups in total. The molecule has 1 fully saturated rings. The summed E-state index contributed by atoms with van der Waals surface area (Å²) in [5, 5.41) is 8.49. The zero-order chi connectivity index (χ0) is 11.1. The average molecular weight is 213 g/mol. The Labute approximate surface area is 92.5 Å². The molecule has 0 amide bonds. The van der Waals surface area contributed by atoms with Crippen LogP contribution in [0.4, 0.5) is 0 Å². The third kappa shape index (κ3) is 4.65. The summed E-state index contributed by atoms with van der Waals surface area (Å²) in [6, 6.07) is 0.796. The first-order valence-corrected chi connectivity index (χ1v) is 6.20. The Hall–Kier alpha value is -0.570. The fourth-order valence-electron chi connectivity index (χ4n) is 2.42. The number of hydrogen-bond acceptors (Lipinski definition) is 2. The minimum atomic E-state index is -0.664. The zero-order valence-corrected chi connectivity index (χ0v) is 9.74. The highest BCUT2D eigenvalue weighted by Crippen LogP contribution is 2.20. The molecule has 3 nitrogen and oxygen atoms in total. The highest BCUT2D eigenvalue weighted by Gasteiger charge is 2.21. The van der Waals surface area contributed by atoms with E-state index in [1.165, 1.54) is 25.8 Å². The molecule has 3 heteroatoms. The third-order valence-corrected chi connectivity index (χ3v) is 3.31. The van der Waals surface area contributed by atoms with E-state index in [1.54, 1.807) is 0 Å². The van der Waals surface area contributed by atoms with Gasteiger partial charge in [-0.3, -0.25) is 4.79 Å². The monoisotopic (exact) mass is 213 g/mol. The van der Waals surface area contributed by atoms with E-state index in [9.17, 15) is 4.79 Å². The van der Waals surface area contributed by atoms with Gasteiger partial charge in [-0.05, 0) is 45.2 Å². The summed E-state index contributed by atoms with van der Waals surface area (Å²) in [7, 11) is 0. The summed E-state index contributed by atoms with van der Waals surface area (Å²) in [4.78, 5) is 12.9. The maximum absolute atomic E-state index is 10.3. The first-order chi connectivity index (χ1) is 7.24. The maximum atomic E-state index is 10.3. The Morgan fingerprint density at radius 3 is 2.87 bits per heavy atom. The van der Waals surface area contributed by atoms with Gasteiger partial charge < -0.3 is 10.0 Å². The number of unbranched alkanes of at least 4 members (excludes halogenated alkanes) is 2. The van der Waals surface area contributed by atoms with Crippen LogP contribution in [-0.2, 0) is 4.79 Å².